The minimum absolute atomic E-state index is 0. The average molecular weight is 445 g/mol. The van der Waals surface area contributed by atoms with Gasteiger partial charge in [-0.3, -0.25) is 0 Å². The molecule has 0 spiro atoms. The molecule has 5 rings (SSSR count). The molecule has 0 fully saturated rings. The second-order valence-corrected chi connectivity index (χ2v) is 8.01. The van der Waals surface area contributed by atoms with Gasteiger partial charge in [0, 0.05) is 22.0 Å². The number of hydrogen-bond donors (Lipinski definition) is 0. The molecule has 5 aromatic rings. The number of benzene rings is 3. The van der Waals surface area contributed by atoms with Crippen molar-refractivity contribution in [3.8, 4) is 16.9 Å². The highest BCUT2D eigenvalue weighted by atomic mass is 35.5. The quantitative estimate of drug-likeness (QED) is 0.297. The van der Waals surface area contributed by atoms with Crippen LogP contribution in [-0.2, 0) is 7.05 Å². The Bertz CT molecular complexity index is 1350. The van der Waals surface area contributed by atoms with Gasteiger partial charge in [0.2, 0.25) is 0 Å². The van der Waals surface area contributed by atoms with Crippen LogP contribution >= 0.6 is 11.3 Å². The first-order valence-corrected chi connectivity index (χ1v) is 10.7. The van der Waals surface area contributed by atoms with E-state index in [1.165, 1.54) is 5.69 Å². The zero-order valence-electron chi connectivity index (χ0n) is 17.2. The predicted molar refractivity (Wildman–Crippen MR) is 123 cm³/mol. The Balaban J connectivity index is 0.00000231. The van der Waals surface area contributed by atoms with E-state index in [-0.39, 0.29) is 12.4 Å². The smallest absolute Gasteiger partial charge is 0.408 e. The topological polar surface area (TPSA) is 33.5 Å². The second-order valence-electron chi connectivity index (χ2n) is 7.17. The molecule has 0 aliphatic rings. The molecule has 2 aromatic heterocycles. The van der Waals surface area contributed by atoms with E-state index in [0.29, 0.717) is 0 Å². The predicted octanol–water partition coefficient (Wildman–Crippen LogP) is 3.91. The lowest BCUT2D eigenvalue weighted by Crippen LogP contribution is -3.00. The third-order valence-electron chi connectivity index (χ3n) is 5.30. The summed E-state index contributed by atoms with van der Waals surface area (Å²) in [5.41, 5.74) is 6.42. The van der Waals surface area contributed by atoms with Crippen molar-refractivity contribution in [3.63, 3.8) is 0 Å². The van der Waals surface area contributed by atoms with Crippen molar-refractivity contribution in [3.05, 3.63) is 96.0 Å². The first kappa shape index (κ1) is 21.0. The maximum absolute atomic E-state index is 4.80. The van der Waals surface area contributed by atoms with E-state index in [0.717, 1.165) is 38.7 Å². The molecule has 0 saturated carbocycles. The second kappa shape index (κ2) is 8.84. The molecule has 154 valence electrons. The van der Waals surface area contributed by atoms with Crippen LogP contribution in [-0.4, -0.2) is 4.57 Å². The molecule has 0 unspecified atom stereocenters. The average Bonchev–Trinajstić information content (AvgIpc) is 3.30. The van der Waals surface area contributed by atoms with Gasteiger partial charge in [0.1, 0.15) is 11.4 Å². The normalized spacial score (nSPS) is 11.2. The summed E-state index contributed by atoms with van der Waals surface area (Å²) in [5.74, 6) is 0. The zero-order chi connectivity index (χ0) is 20.5. The lowest BCUT2D eigenvalue weighted by Gasteiger charge is -2.11. The first-order valence-electron chi connectivity index (χ1n) is 9.84. The Morgan fingerprint density at radius 1 is 0.806 bits per heavy atom. The molecule has 0 bridgehead atoms. The van der Waals surface area contributed by atoms with Gasteiger partial charge in [0.15, 0.2) is 0 Å². The van der Waals surface area contributed by atoms with Crippen molar-refractivity contribution in [2.75, 3.05) is 0 Å². The van der Waals surface area contributed by atoms with E-state index in [4.69, 9.17) is 5.11 Å². The fourth-order valence-electron chi connectivity index (χ4n) is 3.66. The molecule has 3 aromatic carbocycles. The van der Waals surface area contributed by atoms with Gasteiger partial charge in [-0.25, -0.2) is 4.57 Å². The summed E-state index contributed by atoms with van der Waals surface area (Å²) in [4.78, 5) is 0. The van der Waals surface area contributed by atoms with Gasteiger partial charge in [0.05, 0.1) is 23.4 Å². The Morgan fingerprint density at radius 3 is 2.13 bits per heavy atom. The SMILES string of the molecule is Cc1csc(/N=N/c2c(-c3ccccc3)n(-c3ccccc3)c3ccccc23)[n+]1C.[Cl-]. The van der Waals surface area contributed by atoms with Crippen molar-refractivity contribution >= 4 is 33.1 Å². The summed E-state index contributed by atoms with van der Waals surface area (Å²) >= 11 is 1.60. The third kappa shape index (κ3) is 3.78. The number of hydrogen-bond acceptors (Lipinski definition) is 3. The molecule has 0 aliphatic carbocycles. The van der Waals surface area contributed by atoms with E-state index >= 15 is 0 Å². The molecular weight excluding hydrogens is 424 g/mol. The number of fused-ring (bicyclic) bond motifs is 1. The van der Waals surface area contributed by atoms with Gasteiger partial charge >= 0.3 is 5.13 Å². The molecule has 4 nitrogen and oxygen atoms in total. The molecule has 6 heteroatoms. The molecule has 31 heavy (non-hydrogen) atoms. The van der Waals surface area contributed by atoms with Crippen LogP contribution in [0.3, 0.4) is 0 Å². The highest BCUT2D eigenvalue weighted by Gasteiger charge is 2.22. The Kier molecular flexibility index (Phi) is 5.98. The highest BCUT2D eigenvalue weighted by Crippen LogP contribution is 2.42. The Hall–Kier alpha value is -3.28. The summed E-state index contributed by atoms with van der Waals surface area (Å²) in [6.07, 6.45) is 0. The van der Waals surface area contributed by atoms with Crippen LogP contribution in [0.5, 0.6) is 0 Å². The lowest BCUT2D eigenvalue weighted by molar-refractivity contribution is -0.660. The molecular formula is C25H21ClN4S. The summed E-state index contributed by atoms with van der Waals surface area (Å²) in [5, 5.41) is 13.5. The highest BCUT2D eigenvalue weighted by molar-refractivity contribution is 7.12. The molecule has 0 aliphatic heterocycles. The van der Waals surface area contributed by atoms with Gasteiger partial charge in [-0.1, -0.05) is 66.7 Å². The van der Waals surface area contributed by atoms with Gasteiger partial charge < -0.3 is 17.0 Å². The van der Waals surface area contributed by atoms with E-state index < -0.39 is 0 Å². The molecule has 0 saturated heterocycles. The van der Waals surface area contributed by atoms with Crippen molar-refractivity contribution in [1.82, 2.24) is 4.57 Å². The summed E-state index contributed by atoms with van der Waals surface area (Å²) in [6.45, 7) is 2.08. The molecule has 0 atom stereocenters. The zero-order valence-corrected chi connectivity index (χ0v) is 18.8. The lowest BCUT2D eigenvalue weighted by atomic mass is 10.1. The number of halogens is 1. The number of rotatable bonds is 4. The number of nitrogens with zero attached hydrogens (tertiary/aromatic N) is 4. The number of para-hydroxylation sites is 2. The van der Waals surface area contributed by atoms with Crippen LogP contribution in [0.2, 0.25) is 0 Å². The largest absolute Gasteiger partial charge is 1.00 e. The van der Waals surface area contributed by atoms with Crippen molar-refractivity contribution in [2.24, 2.45) is 17.3 Å². The van der Waals surface area contributed by atoms with Crippen molar-refractivity contribution in [1.29, 1.82) is 0 Å². The van der Waals surface area contributed by atoms with Crippen molar-refractivity contribution < 1.29 is 17.0 Å². The number of azo groups is 1. The summed E-state index contributed by atoms with van der Waals surface area (Å²) in [6, 6.07) is 29.2. The van der Waals surface area contributed by atoms with E-state index in [1.807, 2.05) is 19.2 Å². The number of thiazole rings is 1. The first-order chi connectivity index (χ1) is 14.7. The van der Waals surface area contributed by atoms with Gasteiger partial charge in [-0.15, -0.1) is 0 Å². The molecule has 0 radical (unpaired) electrons. The van der Waals surface area contributed by atoms with Crippen LogP contribution < -0.4 is 17.0 Å². The monoisotopic (exact) mass is 444 g/mol. The van der Waals surface area contributed by atoms with Gasteiger partial charge in [-0.2, -0.15) is 0 Å². The van der Waals surface area contributed by atoms with Crippen LogP contribution in [0.1, 0.15) is 5.69 Å². The fraction of sp³-hybridized carbons (Fsp3) is 0.0800. The third-order valence-corrected chi connectivity index (χ3v) is 6.32. The maximum atomic E-state index is 4.80. The minimum Gasteiger partial charge on any atom is -1.00 e. The van der Waals surface area contributed by atoms with Crippen LogP contribution in [0.15, 0.2) is 101 Å². The maximum Gasteiger partial charge on any atom is 0.408 e. The Morgan fingerprint density at radius 2 is 1.45 bits per heavy atom. The molecule has 0 N–H and O–H groups in total. The fourth-order valence-corrected chi connectivity index (χ4v) is 4.49. The molecule has 0 amide bonds. The minimum atomic E-state index is 0. The Labute approximate surface area is 191 Å². The van der Waals surface area contributed by atoms with Crippen LogP contribution in [0.4, 0.5) is 10.8 Å². The number of aryl methyl sites for hydroxylation is 1. The number of aromatic nitrogens is 2. The summed E-state index contributed by atoms with van der Waals surface area (Å²) in [7, 11) is 2.02. The van der Waals surface area contributed by atoms with Gasteiger partial charge in [-0.05, 0) is 41.6 Å². The molecule has 2 heterocycles. The van der Waals surface area contributed by atoms with E-state index in [2.05, 4.69) is 99.3 Å². The van der Waals surface area contributed by atoms with E-state index in [1.54, 1.807) is 11.3 Å². The van der Waals surface area contributed by atoms with E-state index in [9.17, 15) is 0 Å². The summed E-state index contributed by atoms with van der Waals surface area (Å²) < 4.78 is 4.34. The van der Waals surface area contributed by atoms with Crippen LogP contribution in [0, 0.1) is 6.92 Å². The van der Waals surface area contributed by atoms with Gasteiger partial charge in [0.25, 0.3) is 0 Å². The standard InChI is InChI=1S/C25H21N4S.ClH/c1-18-17-30-25(28(18)2)27-26-23-21-15-9-10-16-22(21)29(20-13-7-4-8-14-20)24(23)19-11-5-3-6-12-19;/h3-17H,1-2H3;1H/q+1;/p-1. The van der Waals surface area contributed by atoms with Crippen molar-refractivity contribution in [2.45, 2.75) is 6.92 Å². The van der Waals surface area contributed by atoms with Crippen LogP contribution in [0.25, 0.3) is 27.8 Å².